The number of aryl methyl sites for hydroxylation is 1. The molecule has 0 bridgehead atoms. The molecule has 2 nitrogen and oxygen atoms in total. The molecule has 0 aliphatic carbocycles. The highest BCUT2D eigenvalue weighted by atomic mass is 32.1. The average Bonchev–Trinajstić information content (AvgIpc) is 2.45. The van der Waals surface area contributed by atoms with Crippen molar-refractivity contribution in [2.75, 3.05) is 0 Å². The molecule has 1 aromatic heterocycles. The molecule has 0 saturated heterocycles. The highest BCUT2D eigenvalue weighted by Crippen LogP contribution is 2.22. The van der Waals surface area contributed by atoms with E-state index in [0.29, 0.717) is 0 Å². The normalized spacial score (nSPS) is 13.5. The molecule has 0 N–H and O–H groups in total. The van der Waals surface area contributed by atoms with Gasteiger partial charge in [0.05, 0.1) is 16.3 Å². The zero-order valence-electron chi connectivity index (χ0n) is 7.73. The fourth-order valence-electron chi connectivity index (χ4n) is 1.54. The summed E-state index contributed by atoms with van der Waals surface area (Å²) in [5, 5.41) is 0.178. The number of para-hydroxylation sites is 2. The first kappa shape index (κ1) is 8.63. The summed E-state index contributed by atoms with van der Waals surface area (Å²) < 4.78 is 2.09. The number of benzene rings is 1. The minimum atomic E-state index is 0.178. The summed E-state index contributed by atoms with van der Waals surface area (Å²) in [5.41, 5.74) is 2.21. The van der Waals surface area contributed by atoms with Crippen molar-refractivity contribution in [1.82, 2.24) is 9.55 Å². The van der Waals surface area contributed by atoms with E-state index in [4.69, 9.17) is 0 Å². The molecule has 2 aromatic rings. The molecule has 0 radical (unpaired) electrons. The number of rotatable bonds is 1. The van der Waals surface area contributed by atoms with Crippen LogP contribution in [-0.2, 0) is 7.05 Å². The van der Waals surface area contributed by atoms with Crippen molar-refractivity contribution in [2.24, 2.45) is 7.05 Å². The third-order valence-electron chi connectivity index (χ3n) is 2.20. The summed E-state index contributed by atoms with van der Waals surface area (Å²) in [6, 6.07) is 8.12. The van der Waals surface area contributed by atoms with E-state index in [0.717, 1.165) is 11.3 Å². The minimum Gasteiger partial charge on any atom is -0.330 e. The number of hydrogen-bond donors (Lipinski definition) is 1. The second-order valence-electron chi connectivity index (χ2n) is 3.19. The molecule has 68 valence electrons. The van der Waals surface area contributed by atoms with E-state index in [1.54, 1.807) is 0 Å². The summed E-state index contributed by atoms with van der Waals surface area (Å²) in [7, 11) is 2.03. The van der Waals surface area contributed by atoms with E-state index in [1.807, 2.05) is 32.2 Å². The van der Waals surface area contributed by atoms with E-state index in [-0.39, 0.29) is 5.25 Å². The van der Waals surface area contributed by atoms with Crippen LogP contribution in [0.5, 0.6) is 0 Å². The Labute approximate surface area is 83.0 Å². The molecular weight excluding hydrogens is 180 g/mol. The molecule has 0 fully saturated rings. The smallest absolute Gasteiger partial charge is 0.122 e. The van der Waals surface area contributed by atoms with Gasteiger partial charge in [0.1, 0.15) is 5.82 Å². The zero-order chi connectivity index (χ0) is 9.42. The quantitative estimate of drug-likeness (QED) is 0.687. The van der Waals surface area contributed by atoms with Gasteiger partial charge in [0.15, 0.2) is 0 Å². The summed E-state index contributed by atoms with van der Waals surface area (Å²) in [6.07, 6.45) is 0. The molecule has 0 aliphatic rings. The summed E-state index contributed by atoms with van der Waals surface area (Å²) in [5.74, 6) is 1.02. The maximum atomic E-state index is 4.50. The van der Waals surface area contributed by atoms with Crippen LogP contribution in [0.2, 0.25) is 0 Å². The first-order chi connectivity index (χ1) is 6.20. The lowest BCUT2D eigenvalue weighted by Crippen LogP contribution is -1.97. The van der Waals surface area contributed by atoms with Gasteiger partial charge in [-0.15, -0.1) is 0 Å². The molecular formula is C10H12N2S. The third kappa shape index (κ3) is 1.33. The van der Waals surface area contributed by atoms with Crippen LogP contribution in [0.3, 0.4) is 0 Å². The molecule has 3 heteroatoms. The lowest BCUT2D eigenvalue weighted by atomic mass is 10.3. The van der Waals surface area contributed by atoms with Gasteiger partial charge in [-0.3, -0.25) is 0 Å². The van der Waals surface area contributed by atoms with Crippen molar-refractivity contribution in [2.45, 2.75) is 12.2 Å². The molecule has 1 aromatic carbocycles. The van der Waals surface area contributed by atoms with Gasteiger partial charge in [0.2, 0.25) is 0 Å². The van der Waals surface area contributed by atoms with E-state index < -0.39 is 0 Å². The summed E-state index contributed by atoms with van der Waals surface area (Å²) in [4.78, 5) is 4.50. The van der Waals surface area contributed by atoms with E-state index >= 15 is 0 Å². The van der Waals surface area contributed by atoms with Crippen molar-refractivity contribution in [3.8, 4) is 0 Å². The lowest BCUT2D eigenvalue weighted by Gasteiger charge is -2.03. The second-order valence-corrected chi connectivity index (χ2v) is 3.97. The molecule has 1 heterocycles. The van der Waals surface area contributed by atoms with Crippen LogP contribution >= 0.6 is 12.6 Å². The maximum absolute atomic E-state index is 4.50. The number of thiol groups is 1. The first-order valence-electron chi connectivity index (χ1n) is 4.29. The van der Waals surface area contributed by atoms with Gasteiger partial charge in [0, 0.05) is 7.05 Å². The number of fused-ring (bicyclic) bond motifs is 1. The highest BCUT2D eigenvalue weighted by Gasteiger charge is 2.09. The molecule has 0 amide bonds. The van der Waals surface area contributed by atoms with Gasteiger partial charge in [-0.1, -0.05) is 12.1 Å². The van der Waals surface area contributed by atoms with Crippen molar-refractivity contribution in [3.05, 3.63) is 30.1 Å². The van der Waals surface area contributed by atoms with Gasteiger partial charge >= 0.3 is 0 Å². The molecule has 0 aliphatic heterocycles. The number of imidazole rings is 1. The third-order valence-corrected chi connectivity index (χ3v) is 2.43. The van der Waals surface area contributed by atoms with Gasteiger partial charge in [-0.25, -0.2) is 4.98 Å². The molecule has 1 atom stereocenters. The first-order valence-corrected chi connectivity index (χ1v) is 4.81. The second kappa shape index (κ2) is 3.07. The number of aromatic nitrogens is 2. The monoisotopic (exact) mass is 192 g/mol. The topological polar surface area (TPSA) is 17.8 Å². The van der Waals surface area contributed by atoms with E-state index in [1.165, 1.54) is 5.52 Å². The highest BCUT2D eigenvalue weighted by molar-refractivity contribution is 7.80. The fourth-order valence-corrected chi connectivity index (χ4v) is 1.77. The summed E-state index contributed by atoms with van der Waals surface area (Å²) >= 11 is 4.38. The van der Waals surface area contributed by atoms with Crippen LogP contribution in [0.4, 0.5) is 0 Å². The van der Waals surface area contributed by atoms with Gasteiger partial charge in [-0.05, 0) is 19.1 Å². The SMILES string of the molecule is CC(S)c1nc2ccccc2n1C. The Kier molecular flexibility index (Phi) is 2.04. The Morgan fingerprint density at radius 2 is 2.08 bits per heavy atom. The largest absolute Gasteiger partial charge is 0.330 e. The van der Waals surface area contributed by atoms with Crippen molar-refractivity contribution < 1.29 is 0 Å². The van der Waals surface area contributed by atoms with Gasteiger partial charge < -0.3 is 4.57 Å². The average molecular weight is 192 g/mol. The molecule has 0 spiro atoms. The van der Waals surface area contributed by atoms with Crippen molar-refractivity contribution in [3.63, 3.8) is 0 Å². The van der Waals surface area contributed by atoms with Gasteiger partial charge in [-0.2, -0.15) is 12.6 Å². The van der Waals surface area contributed by atoms with Crippen LogP contribution in [0, 0.1) is 0 Å². The Morgan fingerprint density at radius 1 is 1.38 bits per heavy atom. The van der Waals surface area contributed by atoms with Gasteiger partial charge in [0.25, 0.3) is 0 Å². The van der Waals surface area contributed by atoms with Crippen molar-refractivity contribution in [1.29, 1.82) is 0 Å². The van der Waals surface area contributed by atoms with Crippen LogP contribution < -0.4 is 0 Å². The Morgan fingerprint density at radius 3 is 2.69 bits per heavy atom. The fraction of sp³-hybridized carbons (Fsp3) is 0.300. The minimum absolute atomic E-state index is 0.178. The Hall–Kier alpha value is -0.960. The summed E-state index contributed by atoms with van der Waals surface area (Å²) in [6.45, 7) is 2.03. The Bertz CT molecular complexity index is 431. The molecule has 1 unspecified atom stereocenters. The number of nitrogens with zero attached hydrogens (tertiary/aromatic N) is 2. The van der Waals surface area contributed by atoms with E-state index in [9.17, 15) is 0 Å². The molecule has 2 rings (SSSR count). The predicted octanol–water partition coefficient (Wildman–Crippen LogP) is 2.56. The standard InChI is InChI=1S/C10H12N2S/c1-7(13)10-11-8-5-3-4-6-9(8)12(10)2/h3-7,13H,1-2H3. The number of hydrogen-bond acceptors (Lipinski definition) is 2. The van der Waals surface area contributed by atoms with E-state index in [2.05, 4.69) is 28.2 Å². The van der Waals surface area contributed by atoms with Crippen molar-refractivity contribution >= 4 is 23.7 Å². The molecule has 0 saturated carbocycles. The predicted molar refractivity (Wildman–Crippen MR) is 58.1 cm³/mol. The van der Waals surface area contributed by atoms with Crippen LogP contribution in [0.1, 0.15) is 18.0 Å². The molecule has 13 heavy (non-hydrogen) atoms. The van der Waals surface area contributed by atoms with Crippen LogP contribution in [-0.4, -0.2) is 9.55 Å². The van der Waals surface area contributed by atoms with Crippen LogP contribution in [0.15, 0.2) is 24.3 Å². The zero-order valence-corrected chi connectivity index (χ0v) is 8.62. The Balaban J connectivity index is 2.74. The maximum Gasteiger partial charge on any atom is 0.122 e. The van der Waals surface area contributed by atoms with Crippen LogP contribution in [0.25, 0.3) is 11.0 Å². The lowest BCUT2D eigenvalue weighted by molar-refractivity contribution is 0.820.